The van der Waals surface area contributed by atoms with Crippen molar-refractivity contribution in [1.29, 1.82) is 0 Å². The van der Waals surface area contributed by atoms with Crippen LogP contribution in [0.1, 0.15) is 18.4 Å². The molecule has 1 atom stereocenters. The van der Waals surface area contributed by atoms with Gasteiger partial charge in [-0.05, 0) is 49.1 Å². The number of rotatable bonds is 3. The molecular formula is C21H21N3O4S2. The highest BCUT2D eigenvalue weighted by Crippen LogP contribution is 2.39. The van der Waals surface area contributed by atoms with E-state index < -0.39 is 21.2 Å². The Labute approximate surface area is 179 Å². The molecule has 156 valence electrons. The quantitative estimate of drug-likeness (QED) is 0.737. The number of amides is 2. The van der Waals surface area contributed by atoms with Crippen molar-refractivity contribution < 1.29 is 18.0 Å². The molecule has 0 spiro atoms. The van der Waals surface area contributed by atoms with Crippen LogP contribution in [0.5, 0.6) is 0 Å². The van der Waals surface area contributed by atoms with Crippen molar-refractivity contribution in [3.05, 3.63) is 48.0 Å². The van der Waals surface area contributed by atoms with Crippen LogP contribution in [0.15, 0.2) is 52.3 Å². The molecule has 1 N–H and O–H groups in total. The van der Waals surface area contributed by atoms with Crippen molar-refractivity contribution in [2.24, 2.45) is 0 Å². The van der Waals surface area contributed by atoms with E-state index in [0.717, 1.165) is 18.4 Å². The lowest BCUT2D eigenvalue weighted by Crippen LogP contribution is -2.43. The molecule has 3 aliphatic rings. The Morgan fingerprint density at radius 2 is 1.83 bits per heavy atom. The first-order valence-corrected chi connectivity index (χ1v) is 12.3. The van der Waals surface area contributed by atoms with Crippen molar-refractivity contribution in [3.8, 4) is 0 Å². The topological polar surface area (TPSA) is 86.8 Å². The van der Waals surface area contributed by atoms with E-state index in [1.54, 1.807) is 17.0 Å². The molecule has 30 heavy (non-hydrogen) atoms. The highest BCUT2D eigenvalue weighted by molar-refractivity contribution is 8.01. The SMILES string of the molecule is O=C1Nc2cc(S(=O)(=O)N3CCc4ccccc43)ccc2S[C@@H]1C(=O)N1CCCC1. The zero-order valence-corrected chi connectivity index (χ0v) is 17.8. The number of hydrogen-bond donors (Lipinski definition) is 1. The number of carbonyl (C=O) groups excluding carboxylic acids is 2. The second-order valence-corrected chi connectivity index (χ2v) is 10.6. The Morgan fingerprint density at radius 3 is 2.63 bits per heavy atom. The smallest absolute Gasteiger partial charge is 0.264 e. The summed E-state index contributed by atoms with van der Waals surface area (Å²) in [5.74, 6) is -0.573. The van der Waals surface area contributed by atoms with Crippen molar-refractivity contribution in [1.82, 2.24) is 4.90 Å². The van der Waals surface area contributed by atoms with Gasteiger partial charge >= 0.3 is 0 Å². The number of para-hydroxylation sites is 1. The average molecular weight is 444 g/mol. The van der Waals surface area contributed by atoms with Gasteiger partial charge in [-0.3, -0.25) is 13.9 Å². The highest BCUT2D eigenvalue weighted by atomic mass is 32.2. The summed E-state index contributed by atoms with van der Waals surface area (Å²) in [6.07, 6.45) is 2.59. The van der Waals surface area contributed by atoms with Crippen molar-refractivity contribution in [2.45, 2.75) is 34.3 Å². The number of nitrogens with zero attached hydrogens (tertiary/aromatic N) is 2. The number of anilines is 2. The molecule has 3 heterocycles. The summed E-state index contributed by atoms with van der Waals surface area (Å²) in [7, 11) is -3.75. The number of sulfonamides is 1. The van der Waals surface area contributed by atoms with Crippen molar-refractivity contribution >= 4 is 45.0 Å². The Hall–Kier alpha value is -2.52. The summed E-state index contributed by atoms with van der Waals surface area (Å²) in [5.41, 5.74) is 2.14. The first kappa shape index (κ1) is 19.4. The molecule has 1 saturated heterocycles. The van der Waals surface area contributed by atoms with Gasteiger partial charge in [-0.15, -0.1) is 11.8 Å². The van der Waals surface area contributed by atoms with Crippen molar-refractivity contribution in [3.63, 3.8) is 0 Å². The second kappa shape index (κ2) is 7.31. The molecule has 2 aromatic rings. The molecular weight excluding hydrogens is 422 g/mol. The Morgan fingerprint density at radius 1 is 1.07 bits per heavy atom. The zero-order valence-electron chi connectivity index (χ0n) is 16.2. The van der Waals surface area contributed by atoms with Crippen LogP contribution in [-0.2, 0) is 26.0 Å². The van der Waals surface area contributed by atoms with Crippen LogP contribution >= 0.6 is 11.8 Å². The van der Waals surface area contributed by atoms with E-state index >= 15 is 0 Å². The number of thioether (sulfide) groups is 1. The standard InChI is InChI=1S/C21H21N3O4S2/c25-20-19(21(26)23-10-3-4-11-23)29-18-8-7-15(13-16(18)22-20)30(27,28)24-12-9-14-5-1-2-6-17(14)24/h1-2,5-8,13,19H,3-4,9-12H2,(H,22,25)/t19-/m0/s1. The molecule has 9 heteroatoms. The van der Waals surface area contributed by atoms with Gasteiger partial charge in [-0.2, -0.15) is 0 Å². The first-order chi connectivity index (χ1) is 14.4. The number of benzene rings is 2. The molecule has 0 saturated carbocycles. The zero-order chi connectivity index (χ0) is 20.9. The van der Waals surface area contributed by atoms with E-state index in [1.165, 1.54) is 22.1 Å². The van der Waals surface area contributed by atoms with Gasteiger partial charge in [0.25, 0.3) is 10.0 Å². The third kappa shape index (κ3) is 3.16. The van der Waals surface area contributed by atoms with Gasteiger partial charge in [-0.1, -0.05) is 18.2 Å². The van der Waals surface area contributed by atoms with Crippen molar-refractivity contribution in [2.75, 3.05) is 29.3 Å². The van der Waals surface area contributed by atoms with Crippen LogP contribution in [0, 0.1) is 0 Å². The third-order valence-electron chi connectivity index (χ3n) is 5.77. The van der Waals surface area contributed by atoms with E-state index in [0.29, 0.717) is 42.3 Å². The van der Waals surface area contributed by atoms with Crippen LogP contribution in [0.3, 0.4) is 0 Å². The maximum absolute atomic E-state index is 13.3. The molecule has 0 aliphatic carbocycles. The number of likely N-dealkylation sites (tertiary alicyclic amines) is 1. The number of nitrogens with one attached hydrogen (secondary N) is 1. The van der Waals surface area contributed by atoms with Crippen LogP contribution in [0.25, 0.3) is 0 Å². The molecule has 1 fully saturated rings. The normalized spacial score (nSPS) is 20.7. The Balaban J connectivity index is 1.42. The molecule has 0 unspecified atom stereocenters. The molecule has 2 aromatic carbocycles. The van der Waals surface area contributed by atoms with Crippen LogP contribution in [0.4, 0.5) is 11.4 Å². The van der Waals surface area contributed by atoms with Gasteiger partial charge < -0.3 is 10.2 Å². The molecule has 0 bridgehead atoms. The van der Waals surface area contributed by atoms with Gasteiger partial charge in [0.2, 0.25) is 11.8 Å². The monoisotopic (exact) mass is 443 g/mol. The van der Waals surface area contributed by atoms with Gasteiger partial charge in [0.15, 0.2) is 5.25 Å². The number of fused-ring (bicyclic) bond motifs is 2. The van der Waals surface area contributed by atoms with Crippen LogP contribution in [0.2, 0.25) is 0 Å². The fourth-order valence-electron chi connectivity index (χ4n) is 4.20. The number of carbonyl (C=O) groups is 2. The van der Waals surface area contributed by atoms with E-state index in [1.807, 2.05) is 24.3 Å². The maximum atomic E-state index is 13.3. The fourth-order valence-corrected chi connectivity index (χ4v) is 6.78. The van der Waals surface area contributed by atoms with Gasteiger partial charge in [-0.25, -0.2) is 8.42 Å². The predicted molar refractivity (Wildman–Crippen MR) is 115 cm³/mol. The molecule has 0 radical (unpaired) electrons. The third-order valence-corrected chi connectivity index (χ3v) is 8.84. The molecule has 3 aliphatic heterocycles. The van der Waals surface area contributed by atoms with E-state index in [4.69, 9.17) is 0 Å². The maximum Gasteiger partial charge on any atom is 0.264 e. The van der Waals surface area contributed by atoms with Gasteiger partial charge in [0, 0.05) is 24.5 Å². The second-order valence-electron chi connectivity index (χ2n) is 7.63. The summed E-state index contributed by atoms with van der Waals surface area (Å²) >= 11 is 1.19. The molecule has 5 rings (SSSR count). The minimum atomic E-state index is -3.75. The van der Waals surface area contributed by atoms with E-state index in [9.17, 15) is 18.0 Å². The summed E-state index contributed by atoms with van der Waals surface area (Å²) in [5, 5.41) is 1.92. The molecule has 2 amide bonds. The summed E-state index contributed by atoms with van der Waals surface area (Å²) in [4.78, 5) is 27.8. The Bertz CT molecular complexity index is 1140. The summed E-state index contributed by atoms with van der Waals surface area (Å²) < 4.78 is 27.9. The fraction of sp³-hybridized carbons (Fsp3) is 0.333. The number of hydrogen-bond acceptors (Lipinski definition) is 5. The van der Waals surface area contributed by atoms with E-state index in [-0.39, 0.29) is 10.8 Å². The lowest BCUT2D eigenvalue weighted by atomic mass is 10.2. The molecule has 0 aromatic heterocycles. The van der Waals surface area contributed by atoms with E-state index in [2.05, 4.69) is 5.32 Å². The Kier molecular flexibility index (Phi) is 4.74. The minimum absolute atomic E-state index is 0.128. The average Bonchev–Trinajstić information content (AvgIpc) is 3.42. The van der Waals surface area contributed by atoms with Gasteiger partial charge in [0.05, 0.1) is 16.3 Å². The lowest BCUT2D eigenvalue weighted by Gasteiger charge is -2.27. The lowest BCUT2D eigenvalue weighted by molar-refractivity contribution is -0.133. The molecule has 7 nitrogen and oxygen atoms in total. The largest absolute Gasteiger partial charge is 0.341 e. The predicted octanol–water partition coefficient (Wildman–Crippen LogP) is 2.47. The highest BCUT2D eigenvalue weighted by Gasteiger charge is 2.38. The summed E-state index contributed by atoms with van der Waals surface area (Å²) in [6, 6.07) is 12.2. The van der Waals surface area contributed by atoms with Crippen LogP contribution < -0.4 is 9.62 Å². The van der Waals surface area contributed by atoms with Crippen LogP contribution in [-0.4, -0.2) is 50.0 Å². The van der Waals surface area contributed by atoms with Gasteiger partial charge in [0.1, 0.15) is 0 Å². The minimum Gasteiger partial charge on any atom is -0.341 e. The first-order valence-electron chi connectivity index (χ1n) is 9.96. The summed E-state index contributed by atoms with van der Waals surface area (Å²) in [6.45, 7) is 1.77.